The lowest BCUT2D eigenvalue weighted by Gasteiger charge is -2.16. The topological polar surface area (TPSA) is 41.1 Å². The largest absolute Gasteiger partial charge is 0.351 e. The molecule has 1 fully saturated rings. The van der Waals surface area contributed by atoms with Crippen molar-refractivity contribution in [2.45, 2.75) is 19.4 Å². The molecule has 1 saturated heterocycles. The van der Waals surface area contributed by atoms with Crippen LogP contribution in [0, 0.1) is 11.7 Å². The van der Waals surface area contributed by atoms with Gasteiger partial charge in [-0.3, -0.25) is 4.79 Å². The summed E-state index contributed by atoms with van der Waals surface area (Å²) in [5, 5.41) is 6.23. The summed E-state index contributed by atoms with van der Waals surface area (Å²) in [6.45, 7) is 3.89. The molecule has 1 aromatic carbocycles. The average Bonchev–Trinajstić information content (AvgIpc) is 2.68. The van der Waals surface area contributed by atoms with Gasteiger partial charge in [-0.25, -0.2) is 4.39 Å². The van der Waals surface area contributed by atoms with Crippen LogP contribution in [0.2, 0.25) is 0 Å². The van der Waals surface area contributed by atoms with Gasteiger partial charge in [-0.05, 0) is 30.2 Å². The molecule has 92 valence electrons. The minimum atomic E-state index is -0.275. The Morgan fingerprint density at radius 3 is 2.71 bits per heavy atom. The predicted octanol–water partition coefficient (Wildman–Crippen LogP) is 1.09. The molecule has 2 unspecified atom stereocenters. The van der Waals surface area contributed by atoms with Gasteiger partial charge in [0.1, 0.15) is 5.82 Å². The molecule has 0 bridgehead atoms. The van der Waals surface area contributed by atoms with Crippen molar-refractivity contribution in [2.24, 2.45) is 5.92 Å². The second kappa shape index (κ2) is 5.27. The van der Waals surface area contributed by atoms with Crippen LogP contribution in [0.1, 0.15) is 12.5 Å². The molecule has 0 saturated carbocycles. The van der Waals surface area contributed by atoms with Crippen molar-refractivity contribution in [1.82, 2.24) is 10.6 Å². The molecule has 2 atom stereocenters. The molecule has 3 nitrogen and oxygen atoms in total. The van der Waals surface area contributed by atoms with Gasteiger partial charge in [0, 0.05) is 12.6 Å². The molecule has 17 heavy (non-hydrogen) atoms. The molecule has 1 aliphatic heterocycles. The summed E-state index contributed by atoms with van der Waals surface area (Å²) >= 11 is 0. The molecule has 1 aromatic rings. The fourth-order valence-corrected chi connectivity index (χ4v) is 2.05. The Labute approximate surface area is 100 Å². The van der Waals surface area contributed by atoms with E-state index in [1.807, 2.05) is 0 Å². The summed E-state index contributed by atoms with van der Waals surface area (Å²) in [5.41, 5.74) is 0.836. The number of hydrogen-bond donors (Lipinski definition) is 2. The van der Waals surface area contributed by atoms with E-state index in [9.17, 15) is 9.18 Å². The molecular formula is C13H17FN2O. The van der Waals surface area contributed by atoms with Crippen molar-refractivity contribution in [2.75, 3.05) is 13.1 Å². The van der Waals surface area contributed by atoms with Gasteiger partial charge >= 0.3 is 0 Å². The molecule has 0 radical (unpaired) electrons. The van der Waals surface area contributed by atoms with Crippen molar-refractivity contribution < 1.29 is 9.18 Å². The smallest absolute Gasteiger partial charge is 0.224 e. The maximum absolute atomic E-state index is 12.7. The van der Waals surface area contributed by atoms with Gasteiger partial charge in [-0.15, -0.1) is 0 Å². The normalized spacial score (nSPS) is 23.6. The van der Waals surface area contributed by atoms with Gasteiger partial charge in [-0.1, -0.05) is 19.1 Å². The van der Waals surface area contributed by atoms with Crippen molar-refractivity contribution in [3.63, 3.8) is 0 Å². The molecule has 1 amide bonds. The summed E-state index contributed by atoms with van der Waals surface area (Å²) < 4.78 is 12.7. The van der Waals surface area contributed by atoms with E-state index in [0.29, 0.717) is 12.3 Å². The first kappa shape index (κ1) is 12.0. The van der Waals surface area contributed by atoms with Crippen LogP contribution in [0.15, 0.2) is 24.3 Å². The Morgan fingerprint density at radius 1 is 1.41 bits per heavy atom. The average molecular weight is 236 g/mol. The van der Waals surface area contributed by atoms with Gasteiger partial charge < -0.3 is 10.6 Å². The minimum Gasteiger partial charge on any atom is -0.351 e. The molecule has 0 aromatic heterocycles. The highest BCUT2D eigenvalue weighted by Crippen LogP contribution is 2.08. The first-order valence-corrected chi connectivity index (χ1v) is 5.89. The Bertz CT molecular complexity index is 391. The molecule has 2 N–H and O–H groups in total. The highest BCUT2D eigenvalue weighted by Gasteiger charge is 2.24. The fraction of sp³-hybridized carbons (Fsp3) is 0.462. The lowest BCUT2D eigenvalue weighted by Crippen LogP contribution is -2.40. The molecule has 0 aliphatic carbocycles. The number of nitrogens with one attached hydrogen (secondary N) is 2. The van der Waals surface area contributed by atoms with Crippen LogP contribution < -0.4 is 10.6 Å². The fourth-order valence-electron chi connectivity index (χ4n) is 2.05. The van der Waals surface area contributed by atoms with Crippen LogP contribution in [0.25, 0.3) is 0 Å². The zero-order valence-corrected chi connectivity index (χ0v) is 9.87. The Morgan fingerprint density at radius 2 is 2.12 bits per heavy atom. The van der Waals surface area contributed by atoms with Gasteiger partial charge in [0.2, 0.25) is 5.91 Å². The SMILES string of the molecule is CC1CNCC1NC(=O)Cc1ccc(F)cc1. The Kier molecular flexibility index (Phi) is 3.74. The number of amides is 1. The zero-order chi connectivity index (χ0) is 12.3. The van der Waals surface area contributed by atoms with E-state index in [4.69, 9.17) is 0 Å². The molecule has 0 spiro atoms. The quantitative estimate of drug-likeness (QED) is 0.825. The monoisotopic (exact) mass is 236 g/mol. The lowest BCUT2D eigenvalue weighted by atomic mass is 10.1. The molecule has 1 heterocycles. The van der Waals surface area contributed by atoms with E-state index in [1.54, 1.807) is 12.1 Å². The molecular weight excluding hydrogens is 219 g/mol. The first-order valence-electron chi connectivity index (χ1n) is 5.89. The van der Waals surface area contributed by atoms with E-state index >= 15 is 0 Å². The van der Waals surface area contributed by atoms with Crippen LogP contribution in [-0.2, 0) is 11.2 Å². The standard InChI is InChI=1S/C13H17FN2O/c1-9-7-15-8-12(9)16-13(17)6-10-2-4-11(14)5-3-10/h2-5,9,12,15H,6-8H2,1H3,(H,16,17). The second-order valence-corrected chi connectivity index (χ2v) is 4.61. The molecule has 4 heteroatoms. The van der Waals surface area contributed by atoms with E-state index in [2.05, 4.69) is 17.6 Å². The summed E-state index contributed by atoms with van der Waals surface area (Å²) in [5.74, 6) is 0.187. The number of halogens is 1. The third kappa shape index (κ3) is 3.27. The van der Waals surface area contributed by atoms with Crippen LogP contribution in [0.3, 0.4) is 0 Å². The van der Waals surface area contributed by atoms with Crippen LogP contribution in [0.4, 0.5) is 4.39 Å². The third-order valence-electron chi connectivity index (χ3n) is 3.14. The molecule has 2 rings (SSSR count). The van der Waals surface area contributed by atoms with Crippen molar-refractivity contribution in [3.8, 4) is 0 Å². The Balaban J connectivity index is 1.86. The van der Waals surface area contributed by atoms with Crippen LogP contribution >= 0.6 is 0 Å². The lowest BCUT2D eigenvalue weighted by molar-refractivity contribution is -0.121. The highest BCUT2D eigenvalue weighted by atomic mass is 19.1. The summed E-state index contributed by atoms with van der Waals surface area (Å²) in [6, 6.07) is 6.25. The van der Waals surface area contributed by atoms with Crippen molar-refractivity contribution in [3.05, 3.63) is 35.6 Å². The van der Waals surface area contributed by atoms with Crippen molar-refractivity contribution in [1.29, 1.82) is 0 Å². The van der Waals surface area contributed by atoms with E-state index in [-0.39, 0.29) is 17.8 Å². The predicted molar refractivity (Wildman–Crippen MR) is 64.1 cm³/mol. The summed E-state index contributed by atoms with van der Waals surface area (Å²) in [4.78, 5) is 11.8. The van der Waals surface area contributed by atoms with E-state index < -0.39 is 0 Å². The number of hydrogen-bond acceptors (Lipinski definition) is 2. The van der Waals surface area contributed by atoms with Gasteiger partial charge in [0.15, 0.2) is 0 Å². The third-order valence-corrected chi connectivity index (χ3v) is 3.14. The van der Waals surface area contributed by atoms with Crippen LogP contribution in [-0.4, -0.2) is 25.0 Å². The maximum Gasteiger partial charge on any atom is 0.224 e. The Hall–Kier alpha value is -1.42. The minimum absolute atomic E-state index is 0.00263. The van der Waals surface area contributed by atoms with E-state index in [1.165, 1.54) is 12.1 Å². The van der Waals surface area contributed by atoms with Crippen LogP contribution in [0.5, 0.6) is 0 Å². The van der Waals surface area contributed by atoms with Crippen molar-refractivity contribution >= 4 is 5.91 Å². The van der Waals surface area contributed by atoms with Gasteiger partial charge in [0.05, 0.1) is 6.42 Å². The maximum atomic E-state index is 12.7. The van der Waals surface area contributed by atoms with Gasteiger partial charge in [-0.2, -0.15) is 0 Å². The highest BCUT2D eigenvalue weighted by molar-refractivity contribution is 5.78. The number of rotatable bonds is 3. The number of carbonyl (C=O) groups is 1. The second-order valence-electron chi connectivity index (χ2n) is 4.61. The van der Waals surface area contributed by atoms with E-state index in [0.717, 1.165) is 18.7 Å². The zero-order valence-electron chi connectivity index (χ0n) is 9.87. The summed E-state index contributed by atoms with van der Waals surface area (Å²) in [6.07, 6.45) is 0.309. The number of benzene rings is 1. The molecule has 1 aliphatic rings. The number of carbonyl (C=O) groups excluding carboxylic acids is 1. The van der Waals surface area contributed by atoms with Gasteiger partial charge in [0.25, 0.3) is 0 Å². The first-order chi connectivity index (χ1) is 8.15. The summed E-state index contributed by atoms with van der Waals surface area (Å²) in [7, 11) is 0.